The minimum Gasteiger partial charge on any atom is -0.394 e. The van der Waals surface area contributed by atoms with E-state index < -0.39 is 124 Å². The van der Waals surface area contributed by atoms with Gasteiger partial charge in [-0.25, -0.2) is 0 Å². The fourth-order valence-electron chi connectivity index (χ4n) is 10.3. The highest BCUT2D eigenvalue weighted by atomic mass is 16.8. The highest BCUT2D eigenvalue weighted by Gasteiger charge is 2.53. The molecule has 87 heavy (non-hydrogen) atoms. The average molecular weight is 1230 g/mol. The quantitative estimate of drug-likeness (QED) is 0.0207. The second kappa shape index (κ2) is 49.2. The van der Waals surface area contributed by atoms with E-state index in [0.29, 0.717) is 6.42 Å². The van der Waals surface area contributed by atoms with Crippen molar-refractivity contribution >= 4 is 5.91 Å². The van der Waals surface area contributed by atoms with Gasteiger partial charge in [0.1, 0.15) is 73.2 Å². The number of rotatable bonds is 47. The van der Waals surface area contributed by atoms with Crippen molar-refractivity contribution in [1.82, 2.24) is 5.32 Å². The van der Waals surface area contributed by atoms with Crippen LogP contribution in [0.15, 0.2) is 109 Å². The number of allylic oxidation sites excluding steroid dienone is 17. The number of carbonyl (C=O) groups is 1. The smallest absolute Gasteiger partial charge is 0.220 e. The van der Waals surface area contributed by atoms with Gasteiger partial charge in [0.15, 0.2) is 18.9 Å². The lowest BCUT2D eigenvalue weighted by molar-refractivity contribution is -0.379. The van der Waals surface area contributed by atoms with Gasteiger partial charge in [-0.15, -0.1) is 0 Å². The van der Waals surface area contributed by atoms with Crippen molar-refractivity contribution in [2.24, 2.45) is 0 Å². The van der Waals surface area contributed by atoms with Crippen molar-refractivity contribution < 1.29 is 89.4 Å². The number of aliphatic hydroxyl groups excluding tert-OH is 11. The SMILES string of the molecule is CC/C=C\C/C=C\C/C=C\C/C=C\C/C=C\C/C=C\C/C=C\C/C=C\CCCCC(=O)NC(COC1OC(CO)C(OC2OC(CO)C(OC3OC(CO)C(O)C(O)C3O)C(O)C2O)C(O)C1O)C(O)/C=C/CCCCCCCCCCCCCCC. The van der Waals surface area contributed by atoms with Crippen molar-refractivity contribution in [2.45, 2.75) is 285 Å². The first kappa shape index (κ1) is 77.7. The molecule has 0 aromatic rings. The fraction of sp³-hybridized carbons (Fsp3) is 0.721. The van der Waals surface area contributed by atoms with Crippen LogP contribution in [0.25, 0.3) is 0 Å². The largest absolute Gasteiger partial charge is 0.394 e. The topological polar surface area (TPSA) is 307 Å². The zero-order valence-corrected chi connectivity index (χ0v) is 52.2. The molecule has 498 valence electrons. The Labute approximate surface area is 519 Å². The Kier molecular flexibility index (Phi) is 43.9. The Balaban J connectivity index is 1.48. The van der Waals surface area contributed by atoms with Gasteiger partial charge in [0, 0.05) is 6.42 Å². The number of carbonyl (C=O) groups excluding carboxylic acids is 1. The third-order valence-corrected chi connectivity index (χ3v) is 15.6. The van der Waals surface area contributed by atoms with E-state index in [-0.39, 0.29) is 18.9 Å². The summed E-state index contributed by atoms with van der Waals surface area (Å²) >= 11 is 0. The summed E-state index contributed by atoms with van der Waals surface area (Å²) in [5, 5.41) is 120. The van der Waals surface area contributed by atoms with Gasteiger partial charge >= 0.3 is 0 Å². The molecule has 3 aliphatic rings. The number of ether oxygens (including phenoxy) is 6. The van der Waals surface area contributed by atoms with Crippen LogP contribution < -0.4 is 5.32 Å². The molecule has 0 aromatic heterocycles. The summed E-state index contributed by atoms with van der Waals surface area (Å²) < 4.78 is 34.3. The number of hydrogen-bond donors (Lipinski definition) is 12. The number of amides is 1. The van der Waals surface area contributed by atoms with Crippen LogP contribution in [0.3, 0.4) is 0 Å². The summed E-state index contributed by atoms with van der Waals surface area (Å²) in [4.78, 5) is 13.4. The molecule has 12 N–H and O–H groups in total. The van der Waals surface area contributed by atoms with Gasteiger partial charge in [-0.2, -0.15) is 0 Å². The molecule has 0 aromatic carbocycles. The van der Waals surface area contributed by atoms with Gasteiger partial charge in [-0.1, -0.05) is 200 Å². The molecule has 0 bridgehead atoms. The zero-order valence-electron chi connectivity index (χ0n) is 52.2. The molecule has 19 nitrogen and oxygen atoms in total. The Morgan fingerprint density at radius 3 is 1.24 bits per heavy atom. The molecular formula is C68H113NO18. The first-order valence-electron chi connectivity index (χ1n) is 32.6. The van der Waals surface area contributed by atoms with E-state index in [0.717, 1.165) is 89.9 Å². The summed E-state index contributed by atoms with van der Waals surface area (Å²) in [6.45, 7) is 1.55. The normalized spacial score (nSPS) is 29.3. The van der Waals surface area contributed by atoms with Crippen LogP contribution >= 0.6 is 0 Å². The zero-order chi connectivity index (χ0) is 63.3. The second-order valence-corrected chi connectivity index (χ2v) is 22.8. The van der Waals surface area contributed by atoms with Gasteiger partial charge in [-0.3, -0.25) is 4.79 Å². The maximum absolute atomic E-state index is 13.4. The highest BCUT2D eigenvalue weighted by Crippen LogP contribution is 2.33. The van der Waals surface area contributed by atoms with Gasteiger partial charge in [0.2, 0.25) is 5.91 Å². The van der Waals surface area contributed by atoms with E-state index in [1.807, 2.05) is 6.08 Å². The van der Waals surface area contributed by atoms with Gasteiger partial charge in [0.05, 0.1) is 38.6 Å². The monoisotopic (exact) mass is 1230 g/mol. The van der Waals surface area contributed by atoms with Crippen LogP contribution in [-0.2, 0) is 33.2 Å². The first-order valence-corrected chi connectivity index (χ1v) is 32.6. The van der Waals surface area contributed by atoms with Crippen molar-refractivity contribution in [3.05, 3.63) is 109 Å². The average Bonchev–Trinajstić information content (AvgIpc) is 1.10. The fourth-order valence-corrected chi connectivity index (χ4v) is 10.3. The Bertz CT molecular complexity index is 2000. The Morgan fingerprint density at radius 2 is 0.793 bits per heavy atom. The number of unbranched alkanes of at least 4 members (excludes halogenated alkanes) is 15. The standard InChI is InChI=1S/C68H113NO18/c1-3-5-7-9-11-13-15-17-19-20-21-22-23-24-25-26-27-28-29-30-32-34-36-38-40-42-44-46-56(74)69-51(52(73)45-43-41-39-37-35-33-31-18-16-14-12-10-8-6-4-2)50-82-66-62(80)59(77)64(54(48-71)84-66)87-68-63(81)60(78)65(55(49-72)85-68)86-67-61(79)58(76)57(75)53(47-70)83-67/h5,7,11,13,17,19,21-22,24-25,27-28,30,32,36,38,43,45,51-55,57-68,70-73,75-81H,3-4,6,8-10,12,14-16,18,20,23,26,29,31,33-35,37,39-42,44,46-50H2,1-2H3,(H,69,74)/b7-5-,13-11-,19-17-,22-21-,25-24-,28-27-,32-30-,38-36-,45-43+. The van der Waals surface area contributed by atoms with E-state index >= 15 is 0 Å². The molecule has 3 heterocycles. The van der Waals surface area contributed by atoms with Crippen molar-refractivity contribution in [3.63, 3.8) is 0 Å². The van der Waals surface area contributed by atoms with Gasteiger partial charge < -0.3 is 89.9 Å². The molecule has 0 saturated carbocycles. The number of nitrogens with one attached hydrogen (secondary N) is 1. The second-order valence-electron chi connectivity index (χ2n) is 22.8. The lowest BCUT2D eigenvalue weighted by Gasteiger charge is -2.48. The van der Waals surface area contributed by atoms with Crippen molar-refractivity contribution in [3.8, 4) is 0 Å². The summed E-state index contributed by atoms with van der Waals surface area (Å²) in [6.07, 6.45) is 37.7. The molecule has 3 aliphatic heterocycles. The predicted molar refractivity (Wildman–Crippen MR) is 337 cm³/mol. The maximum atomic E-state index is 13.4. The van der Waals surface area contributed by atoms with E-state index in [1.165, 1.54) is 64.2 Å². The van der Waals surface area contributed by atoms with Crippen molar-refractivity contribution in [2.75, 3.05) is 26.4 Å². The van der Waals surface area contributed by atoms with Crippen LogP contribution in [0.4, 0.5) is 0 Å². The molecular weight excluding hydrogens is 1120 g/mol. The molecule has 0 aliphatic carbocycles. The molecule has 3 rings (SSSR count). The minimum absolute atomic E-state index is 0.181. The van der Waals surface area contributed by atoms with E-state index in [9.17, 15) is 61.0 Å². The van der Waals surface area contributed by atoms with Gasteiger partial charge in [-0.05, 0) is 83.5 Å². The van der Waals surface area contributed by atoms with Crippen LogP contribution in [-0.4, -0.2) is 193 Å². The molecule has 3 saturated heterocycles. The summed E-state index contributed by atoms with van der Waals surface area (Å²) in [5.74, 6) is -0.323. The summed E-state index contributed by atoms with van der Waals surface area (Å²) in [5.41, 5.74) is 0. The summed E-state index contributed by atoms with van der Waals surface area (Å²) in [6, 6.07) is -1.00. The minimum atomic E-state index is -1.99. The molecule has 1 amide bonds. The van der Waals surface area contributed by atoms with Gasteiger partial charge in [0.25, 0.3) is 0 Å². The number of aliphatic hydroxyl groups is 11. The molecule has 0 spiro atoms. The number of hydrogen-bond acceptors (Lipinski definition) is 18. The van der Waals surface area contributed by atoms with E-state index in [1.54, 1.807) is 6.08 Å². The highest BCUT2D eigenvalue weighted by molar-refractivity contribution is 5.76. The molecule has 0 radical (unpaired) electrons. The lowest BCUT2D eigenvalue weighted by Crippen LogP contribution is -2.66. The van der Waals surface area contributed by atoms with Crippen LogP contribution in [0.5, 0.6) is 0 Å². The van der Waals surface area contributed by atoms with E-state index in [2.05, 4.69) is 116 Å². The van der Waals surface area contributed by atoms with E-state index in [4.69, 9.17) is 28.4 Å². The lowest BCUT2D eigenvalue weighted by atomic mass is 9.96. The third kappa shape index (κ3) is 31.8. The maximum Gasteiger partial charge on any atom is 0.220 e. The third-order valence-electron chi connectivity index (χ3n) is 15.6. The summed E-state index contributed by atoms with van der Waals surface area (Å²) in [7, 11) is 0. The van der Waals surface area contributed by atoms with Crippen LogP contribution in [0.2, 0.25) is 0 Å². The van der Waals surface area contributed by atoms with Crippen molar-refractivity contribution in [1.29, 1.82) is 0 Å². The van der Waals surface area contributed by atoms with Crippen LogP contribution in [0, 0.1) is 0 Å². The first-order chi connectivity index (χ1) is 42.3. The predicted octanol–water partition coefficient (Wildman–Crippen LogP) is 7.49. The molecule has 17 atom stereocenters. The Morgan fingerprint density at radius 1 is 0.425 bits per heavy atom. The van der Waals surface area contributed by atoms with Crippen LogP contribution in [0.1, 0.15) is 181 Å². The molecule has 19 heteroatoms. The molecule has 17 unspecified atom stereocenters. The molecule has 3 fully saturated rings. The Hall–Kier alpha value is -3.55.